The third-order valence-electron chi connectivity index (χ3n) is 3.62. The summed E-state index contributed by atoms with van der Waals surface area (Å²) in [6.45, 7) is 2.28. The average Bonchev–Trinajstić information content (AvgIpc) is 2.63. The maximum atomic E-state index is 5.43. The van der Waals surface area contributed by atoms with Crippen LogP contribution in [0.3, 0.4) is 0 Å². The number of fused-ring (bicyclic) bond motifs is 1. The first-order chi connectivity index (χ1) is 6.85. The van der Waals surface area contributed by atoms with E-state index < -0.39 is 0 Å². The minimum Gasteiger partial charge on any atom is -0.341 e. The molecule has 0 aromatic heterocycles. The van der Waals surface area contributed by atoms with Crippen molar-refractivity contribution in [3.63, 3.8) is 0 Å². The first-order valence-electron chi connectivity index (χ1n) is 5.53. The molecule has 2 fully saturated rings. The first kappa shape index (κ1) is 9.77. The van der Waals surface area contributed by atoms with Crippen LogP contribution in [0.2, 0.25) is 0 Å². The van der Waals surface area contributed by atoms with Gasteiger partial charge in [-0.1, -0.05) is 12.8 Å². The van der Waals surface area contributed by atoms with Gasteiger partial charge in [0.15, 0.2) is 0 Å². The number of aliphatic imine (C=N–C) groups is 1. The highest BCUT2D eigenvalue weighted by atomic mass is 15.4. The lowest BCUT2D eigenvalue weighted by Gasteiger charge is -2.22. The smallest absolute Gasteiger partial charge is 0.208 e. The third-order valence-corrected chi connectivity index (χ3v) is 3.62. The molecular weight excluding hydrogens is 176 g/mol. The zero-order chi connectivity index (χ0) is 9.97. The summed E-state index contributed by atoms with van der Waals surface area (Å²) in [5.41, 5.74) is 2.68. The normalized spacial score (nSPS) is 33.0. The number of rotatable bonds is 0. The van der Waals surface area contributed by atoms with Crippen LogP contribution in [0, 0.1) is 11.8 Å². The lowest BCUT2D eigenvalue weighted by molar-refractivity contribution is 0.299. The number of hydrazine groups is 1. The van der Waals surface area contributed by atoms with Crippen LogP contribution in [-0.2, 0) is 0 Å². The van der Waals surface area contributed by atoms with Crippen molar-refractivity contribution in [1.29, 1.82) is 0 Å². The summed E-state index contributed by atoms with van der Waals surface area (Å²) in [5, 5.41) is 0. The molecule has 80 valence electrons. The molecule has 0 aromatic rings. The van der Waals surface area contributed by atoms with Gasteiger partial charge in [-0.2, -0.15) is 0 Å². The Morgan fingerprint density at radius 3 is 2.29 bits per heavy atom. The maximum absolute atomic E-state index is 5.43. The molecule has 1 saturated heterocycles. The molecule has 0 amide bonds. The van der Waals surface area contributed by atoms with Crippen molar-refractivity contribution < 1.29 is 0 Å². The van der Waals surface area contributed by atoms with Crippen LogP contribution in [0.25, 0.3) is 0 Å². The van der Waals surface area contributed by atoms with Gasteiger partial charge >= 0.3 is 0 Å². The number of guanidine groups is 1. The Bertz CT molecular complexity index is 212. The van der Waals surface area contributed by atoms with Crippen LogP contribution >= 0.6 is 0 Å². The second-order valence-corrected chi connectivity index (χ2v) is 4.40. The molecule has 4 nitrogen and oxygen atoms in total. The molecule has 0 aromatic carbocycles. The molecule has 3 N–H and O–H groups in total. The lowest BCUT2D eigenvalue weighted by atomic mass is 9.82. The van der Waals surface area contributed by atoms with Gasteiger partial charge < -0.3 is 4.90 Å². The van der Waals surface area contributed by atoms with Gasteiger partial charge in [0, 0.05) is 20.1 Å². The topological polar surface area (TPSA) is 53.6 Å². The second kappa shape index (κ2) is 4.17. The van der Waals surface area contributed by atoms with E-state index in [4.69, 9.17) is 5.84 Å². The predicted octanol–water partition coefficient (Wildman–Crippen LogP) is 0.558. The molecule has 2 atom stereocenters. The highest BCUT2D eigenvalue weighted by molar-refractivity contribution is 5.79. The fraction of sp³-hybridized carbons (Fsp3) is 0.900. The van der Waals surface area contributed by atoms with Crippen molar-refractivity contribution in [2.45, 2.75) is 25.7 Å². The number of hydrogen-bond acceptors (Lipinski definition) is 2. The van der Waals surface area contributed by atoms with Crippen molar-refractivity contribution in [1.82, 2.24) is 10.3 Å². The highest BCUT2D eigenvalue weighted by Crippen LogP contribution is 2.35. The van der Waals surface area contributed by atoms with Crippen molar-refractivity contribution in [3.8, 4) is 0 Å². The van der Waals surface area contributed by atoms with E-state index >= 15 is 0 Å². The zero-order valence-corrected chi connectivity index (χ0v) is 8.87. The Balaban J connectivity index is 1.98. The number of likely N-dealkylation sites (tertiary alicyclic amines) is 1. The first-order valence-corrected chi connectivity index (χ1v) is 5.53. The SMILES string of the molecule is CN=C(NN)N1CC2CCCCC2C1. The zero-order valence-electron chi connectivity index (χ0n) is 8.87. The van der Waals surface area contributed by atoms with Crippen molar-refractivity contribution in [3.05, 3.63) is 0 Å². The summed E-state index contributed by atoms with van der Waals surface area (Å²) in [7, 11) is 1.79. The molecule has 14 heavy (non-hydrogen) atoms. The molecule has 2 aliphatic rings. The van der Waals surface area contributed by atoms with Crippen LogP contribution in [0.4, 0.5) is 0 Å². The van der Waals surface area contributed by atoms with E-state index in [0.29, 0.717) is 0 Å². The Hall–Kier alpha value is -0.770. The molecule has 4 heteroatoms. The van der Waals surface area contributed by atoms with Gasteiger partial charge in [-0.15, -0.1) is 0 Å². The van der Waals surface area contributed by atoms with E-state index in [1.165, 1.54) is 25.7 Å². The number of nitrogens with one attached hydrogen (secondary N) is 1. The molecule has 1 aliphatic carbocycles. The van der Waals surface area contributed by atoms with Crippen LogP contribution in [0.1, 0.15) is 25.7 Å². The molecule has 1 saturated carbocycles. The van der Waals surface area contributed by atoms with E-state index in [1.54, 1.807) is 7.05 Å². The Labute approximate surface area is 85.5 Å². The summed E-state index contributed by atoms with van der Waals surface area (Å²) in [6, 6.07) is 0. The molecule has 0 spiro atoms. The van der Waals surface area contributed by atoms with Gasteiger partial charge in [-0.05, 0) is 24.7 Å². The predicted molar refractivity (Wildman–Crippen MR) is 57.7 cm³/mol. The molecule has 0 radical (unpaired) electrons. The second-order valence-electron chi connectivity index (χ2n) is 4.40. The maximum Gasteiger partial charge on any atom is 0.208 e. The highest BCUT2D eigenvalue weighted by Gasteiger charge is 2.35. The third kappa shape index (κ3) is 1.71. The van der Waals surface area contributed by atoms with Gasteiger partial charge in [-0.3, -0.25) is 10.4 Å². The van der Waals surface area contributed by atoms with Gasteiger partial charge in [0.05, 0.1) is 0 Å². The quantitative estimate of drug-likeness (QED) is 0.257. The number of nitrogens with two attached hydrogens (primary N) is 1. The summed E-state index contributed by atoms with van der Waals surface area (Å²) in [4.78, 5) is 6.45. The van der Waals surface area contributed by atoms with Crippen LogP contribution in [0.15, 0.2) is 4.99 Å². The monoisotopic (exact) mass is 196 g/mol. The van der Waals surface area contributed by atoms with Crippen LogP contribution in [0.5, 0.6) is 0 Å². The van der Waals surface area contributed by atoms with E-state index in [9.17, 15) is 0 Å². The van der Waals surface area contributed by atoms with E-state index in [0.717, 1.165) is 30.9 Å². The Morgan fingerprint density at radius 2 is 1.86 bits per heavy atom. The fourth-order valence-corrected chi connectivity index (χ4v) is 2.88. The number of hydrogen-bond donors (Lipinski definition) is 2. The minimum atomic E-state index is 0.847. The average molecular weight is 196 g/mol. The molecular formula is C10H20N4. The number of nitrogens with zero attached hydrogens (tertiary/aromatic N) is 2. The van der Waals surface area contributed by atoms with E-state index in [1.807, 2.05) is 0 Å². The standard InChI is InChI=1S/C10H20N4/c1-12-10(13-11)14-6-8-4-2-3-5-9(8)7-14/h8-9H,2-7,11H2,1H3,(H,12,13). The van der Waals surface area contributed by atoms with Gasteiger partial charge in [0.2, 0.25) is 5.96 Å². The molecule has 2 unspecified atom stereocenters. The molecule has 0 bridgehead atoms. The van der Waals surface area contributed by atoms with Crippen molar-refractivity contribution in [2.75, 3.05) is 20.1 Å². The minimum absolute atomic E-state index is 0.847. The largest absolute Gasteiger partial charge is 0.341 e. The fourth-order valence-electron chi connectivity index (χ4n) is 2.88. The van der Waals surface area contributed by atoms with E-state index in [-0.39, 0.29) is 0 Å². The molecule has 1 heterocycles. The van der Waals surface area contributed by atoms with Crippen LogP contribution < -0.4 is 11.3 Å². The van der Waals surface area contributed by atoms with Crippen molar-refractivity contribution >= 4 is 5.96 Å². The lowest BCUT2D eigenvalue weighted by Crippen LogP contribution is -2.43. The summed E-state index contributed by atoms with van der Waals surface area (Å²) in [6.07, 6.45) is 5.60. The van der Waals surface area contributed by atoms with Crippen LogP contribution in [-0.4, -0.2) is 31.0 Å². The summed E-state index contributed by atoms with van der Waals surface area (Å²) >= 11 is 0. The van der Waals surface area contributed by atoms with Gasteiger partial charge in [0.1, 0.15) is 0 Å². The van der Waals surface area contributed by atoms with Gasteiger partial charge in [-0.25, -0.2) is 5.84 Å². The summed E-state index contributed by atoms with van der Waals surface area (Å²) < 4.78 is 0. The molecule has 1 aliphatic heterocycles. The Morgan fingerprint density at radius 1 is 1.29 bits per heavy atom. The van der Waals surface area contributed by atoms with E-state index in [2.05, 4.69) is 15.3 Å². The summed E-state index contributed by atoms with van der Waals surface area (Å²) in [5.74, 6) is 8.04. The Kier molecular flexibility index (Phi) is 2.91. The van der Waals surface area contributed by atoms with Crippen molar-refractivity contribution in [2.24, 2.45) is 22.7 Å². The molecule has 2 rings (SSSR count). The van der Waals surface area contributed by atoms with Gasteiger partial charge in [0.25, 0.3) is 0 Å².